The van der Waals surface area contributed by atoms with Crippen molar-refractivity contribution >= 4 is 22.9 Å². The van der Waals surface area contributed by atoms with Crippen LogP contribution in [-0.2, 0) is 13.1 Å². The van der Waals surface area contributed by atoms with Crippen LogP contribution in [0.15, 0.2) is 23.7 Å². The number of hydrogen-bond acceptors (Lipinski definition) is 5. The zero-order valence-corrected chi connectivity index (χ0v) is 11.1. The largest absolute Gasteiger partial charge is 0.454 e. The fourth-order valence-corrected chi connectivity index (χ4v) is 2.65. The highest BCUT2D eigenvalue weighted by atomic mass is 35.5. The molecule has 0 unspecified atom stereocenters. The van der Waals surface area contributed by atoms with E-state index in [1.165, 1.54) is 0 Å². The summed E-state index contributed by atoms with van der Waals surface area (Å²) in [4.78, 5) is 4.21. The molecule has 18 heavy (non-hydrogen) atoms. The molecule has 0 bridgehead atoms. The first-order chi connectivity index (χ1) is 8.83. The van der Waals surface area contributed by atoms with Crippen LogP contribution in [0, 0.1) is 0 Å². The lowest BCUT2D eigenvalue weighted by Crippen LogP contribution is -2.12. The summed E-state index contributed by atoms with van der Waals surface area (Å²) >= 11 is 7.75. The smallest absolute Gasteiger partial charge is 0.231 e. The minimum absolute atomic E-state index is 0.241. The van der Waals surface area contributed by atoms with E-state index in [4.69, 9.17) is 21.1 Å². The van der Waals surface area contributed by atoms with E-state index in [1.807, 2.05) is 17.5 Å². The molecule has 1 aliphatic rings. The van der Waals surface area contributed by atoms with Crippen LogP contribution in [0.1, 0.15) is 10.6 Å². The first kappa shape index (κ1) is 11.8. The normalized spacial score (nSPS) is 12.9. The van der Waals surface area contributed by atoms with Gasteiger partial charge in [0.1, 0.15) is 5.01 Å². The minimum Gasteiger partial charge on any atom is -0.454 e. The highest BCUT2D eigenvalue weighted by Crippen LogP contribution is 2.39. The number of thiazole rings is 1. The zero-order valence-electron chi connectivity index (χ0n) is 9.48. The molecule has 94 valence electrons. The van der Waals surface area contributed by atoms with Crippen molar-refractivity contribution in [3.05, 3.63) is 39.3 Å². The van der Waals surface area contributed by atoms with Gasteiger partial charge in [0.15, 0.2) is 11.5 Å². The third kappa shape index (κ3) is 2.43. The highest BCUT2D eigenvalue weighted by Gasteiger charge is 2.17. The van der Waals surface area contributed by atoms with Crippen LogP contribution in [0.3, 0.4) is 0 Å². The Morgan fingerprint density at radius 2 is 2.28 bits per heavy atom. The summed E-state index contributed by atoms with van der Waals surface area (Å²) in [6, 6.07) is 3.84. The molecule has 1 aromatic carbocycles. The maximum atomic E-state index is 6.11. The topological polar surface area (TPSA) is 43.4 Å². The van der Waals surface area contributed by atoms with Crippen LogP contribution >= 0.6 is 22.9 Å². The number of ether oxygens (including phenoxy) is 2. The lowest BCUT2D eigenvalue weighted by Gasteiger charge is -2.06. The van der Waals surface area contributed by atoms with Crippen molar-refractivity contribution in [1.29, 1.82) is 0 Å². The second-order valence-electron chi connectivity index (χ2n) is 3.84. The molecule has 6 heteroatoms. The average Bonchev–Trinajstić information content (AvgIpc) is 2.99. The van der Waals surface area contributed by atoms with Gasteiger partial charge in [0, 0.05) is 24.7 Å². The third-order valence-electron chi connectivity index (χ3n) is 2.58. The van der Waals surface area contributed by atoms with Crippen LogP contribution < -0.4 is 14.8 Å². The monoisotopic (exact) mass is 282 g/mol. The molecule has 2 aromatic rings. The molecule has 1 aromatic heterocycles. The molecule has 0 amide bonds. The number of halogens is 1. The summed E-state index contributed by atoms with van der Waals surface area (Å²) in [5, 5.41) is 6.95. The molecular formula is C12H11ClN2O2S. The molecule has 0 fully saturated rings. The SMILES string of the molecule is Clc1cc(CNCc2nccs2)cc2c1OCO2. The van der Waals surface area contributed by atoms with Gasteiger partial charge in [0.25, 0.3) is 0 Å². The summed E-state index contributed by atoms with van der Waals surface area (Å²) in [6.07, 6.45) is 1.80. The minimum atomic E-state index is 0.241. The van der Waals surface area contributed by atoms with Crippen LogP contribution in [0.2, 0.25) is 5.02 Å². The molecule has 1 aliphatic heterocycles. The van der Waals surface area contributed by atoms with E-state index in [9.17, 15) is 0 Å². The van der Waals surface area contributed by atoms with Gasteiger partial charge in [-0.3, -0.25) is 0 Å². The number of rotatable bonds is 4. The Balaban J connectivity index is 1.65. The molecule has 1 N–H and O–H groups in total. The maximum Gasteiger partial charge on any atom is 0.231 e. The Morgan fingerprint density at radius 1 is 1.33 bits per heavy atom. The molecule has 3 rings (SSSR count). The van der Waals surface area contributed by atoms with Crippen LogP contribution in [-0.4, -0.2) is 11.8 Å². The lowest BCUT2D eigenvalue weighted by molar-refractivity contribution is 0.174. The van der Waals surface area contributed by atoms with Gasteiger partial charge in [-0.05, 0) is 17.7 Å². The fraction of sp³-hybridized carbons (Fsp3) is 0.250. The third-order valence-corrected chi connectivity index (χ3v) is 3.64. The van der Waals surface area contributed by atoms with Crippen LogP contribution in [0.25, 0.3) is 0 Å². The van der Waals surface area contributed by atoms with Crippen molar-refractivity contribution in [2.45, 2.75) is 13.1 Å². The molecular weight excluding hydrogens is 272 g/mol. The molecule has 0 aliphatic carbocycles. The quantitative estimate of drug-likeness (QED) is 0.936. The van der Waals surface area contributed by atoms with Crippen molar-refractivity contribution in [3.8, 4) is 11.5 Å². The van der Waals surface area contributed by atoms with Gasteiger partial charge < -0.3 is 14.8 Å². The molecule has 2 heterocycles. The summed E-state index contributed by atoms with van der Waals surface area (Å²) in [5.41, 5.74) is 1.07. The number of nitrogens with zero attached hydrogens (tertiary/aromatic N) is 1. The average molecular weight is 283 g/mol. The fourth-order valence-electron chi connectivity index (χ4n) is 1.78. The first-order valence-corrected chi connectivity index (χ1v) is 6.76. The van der Waals surface area contributed by atoms with Gasteiger partial charge in [-0.2, -0.15) is 0 Å². The summed E-state index contributed by atoms with van der Waals surface area (Å²) in [5.74, 6) is 1.36. The molecule has 0 spiro atoms. The van der Waals surface area contributed by atoms with Gasteiger partial charge in [-0.25, -0.2) is 4.98 Å². The van der Waals surface area contributed by atoms with E-state index >= 15 is 0 Å². The van der Waals surface area contributed by atoms with Crippen LogP contribution in [0.4, 0.5) is 0 Å². The summed E-state index contributed by atoms with van der Waals surface area (Å²) < 4.78 is 10.6. The zero-order chi connectivity index (χ0) is 12.4. The van der Waals surface area contributed by atoms with Crippen LogP contribution in [0.5, 0.6) is 11.5 Å². The molecule has 0 saturated heterocycles. The molecule has 0 atom stereocenters. The van der Waals surface area contributed by atoms with E-state index in [-0.39, 0.29) is 6.79 Å². The predicted octanol–water partition coefficient (Wildman–Crippen LogP) is 2.82. The van der Waals surface area contributed by atoms with Crippen molar-refractivity contribution in [1.82, 2.24) is 10.3 Å². The summed E-state index contributed by atoms with van der Waals surface area (Å²) in [7, 11) is 0. The lowest BCUT2D eigenvalue weighted by atomic mass is 10.2. The molecule has 0 saturated carbocycles. The Morgan fingerprint density at radius 3 is 3.11 bits per heavy atom. The van der Waals surface area contributed by atoms with Gasteiger partial charge in [0.2, 0.25) is 6.79 Å². The van der Waals surface area contributed by atoms with Gasteiger partial charge >= 0.3 is 0 Å². The van der Waals surface area contributed by atoms with Crippen molar-refractivity contribution in [2.75, 3.05) is 6.79 Å². The van der Waals surface area contributed by atoms with E-state index in [0.29, 0.717) is 16.5 Å². The van der Waals surface area contributed by atoms with Crippen molar-refractivity contribution < 1.29 is 9.47 Å². The standard InChI is InChI=1S/C12H11ClN2O2S/c13-9-3-8(4-10-12(9)17-7-16-10)5-14-6-11-15-1-2-18-11/h1-4,14H,5-7H2. The molecule has 0 radical (unpaired) electrons. The summed E-state index contributed by atoms with van der Waals surface area (Å²) in [6.45, 7) is 1.71. The highest BCUT2D eigenvalue weighted by molar-refractivity contribution is 7.09. The Hall–Kier alpha value is -1.30. The number of hydrogen-bond donors (Lipinski definition) is 1. The number of aromatic nitrogens is 1. The van der Waals surface area contributed by atoms with Gasteiger partial charge in [-0.15, -0.1) is 11.3 Å². The van der Waals surface area contributed by atoms with Gasteiger partial charge in [0.05, 0.1) is 5.02 Å². The predicted molar refractivity (Wildman–Crippen MR) is 70.2 cm³/mol. The first-order valence-electron chi connectivity index (χ1n) is 5.50. The number of benzene rings is 1. The van der Waals surface area contributed by atoms with Crippen molar-refractivity contribution in [3.63, 3.8) is 0 Å². The second kappa shape index (κ2) is 5.14. The van der Waals surface area contributed by atoms with Crippen molar-refractivity contribution in [2.24, 2.45) is 0 Å². The number of fused-ring (bicyclic) bond motifs is 1. The van der Waals surface area contributed by atoms with E-state index < -0.39 is 0 Å². The molecule has 4 nitrogen and oxygen atoms in total. The van der Waals surface area contributed by atoms with E-state index in [1.54, 1.807) is 17.5 Å². The van der Waals surface area contributed by atoms with E-state index in [0.717, 1.165) is 23.7 Å². The Kier molecular flexibility index (Phi) is 3.36. The second-order valence-corrected chi connectivity index (χ2v) is 5.23. The Bertz CT molecular complexity index is 545. The maximum absolute atomic E-state index is 6.11. The van der Waals surface area contributed by atoms with E-state index in [2.05, 4.69) is 10.3 Å². The van der Waals surface area contributed by atoms with Gasteiger partial charge in [-0.1, -0.05) is 11.6 Å². The Labute approximate surface area is 114 Å². The number of nitrogens with one attached hydrogen (secondary N) is 1.